The van der Waals surface area contributed by atoms with Crippen LogP contribution in [0.2, 0.25) is 0 Å². The average molecular weight is 224 g/mol. The molecule has 0 saturated carbocycles. The second-order valence-electron chi connectivity index (χ2n) is 2.98. The predicted octanol–water partition coefficient (Wildman–Crippen LogP) is 1.81. The van der Waals surface area contributed by atoms with Crippen LogP contribution in [0.15, 0.2) is 18.2 Å². The lowest BCUT2D eigenvalue weighted by molar-refractivity contribution is -0.384. The Kier molecular flexibility index (Phi) is 3.82. The van der Waals surface area contributed by atoms with Gasteiger partial charge in [0.05, 0.1) is 17.6 Å². The monoisotopic (exact) mass is 224 g/mol. The molecule has 0 aliphatic carbocycles. The van der Waals surface area contributed by atoms with Gasteiger partial charge >= 0.3 is 5.97 Å². The first-order valence-electron chi connectivity index (χ1n) is 4.71. The molecule has 86 valence electrons. The van der Waals surface area contributed by atoms with Crippen molar-refractivity contribution in [1.29, 1.82) is 0 Å². The van der Waals surface area contributed by atoms with E-state index in [0.717, 1.165) is 0 Å². The van der Waals surface area contributed by atoms with Gasteiger partial charge in [0.1, 0.15) is 5.69 Å². The Morgan fingerprint density at radius 2 is 2.25 bits per heavy atom. The molecule has 0 radical (unpaired) electrons. The van der Waals surface area contributed by atoms with Gasteiger partial charge in [-0.05, 0) is 13.0 Å². The highest BCUT2D eigenvalue weighted by molar-refractivity contribution is 5.98. The summed E-state index contributed by atoms with van der Waals surface area (Å²) < 4.78 is 4.56. The van der Waals surface area contributed by atoms with Crippen LogP contribution < -0.4 is 5.32 Å². The number of esters is 1. The standard InChI is InChI=1S/C10H12N2O4/c1-3-11-9-7(10(13)16-2)5-4-6-8(9)12(14)15/h4-6,11H,3H2,1-2H3. The Morgan fingerprint density at radius 1 is 1.56 bits per heavy atom. The number of nitrogens with zero attached hydrogens (tertiary/aromatic N) is 1. The van der Waals surface area contributed by atoms with E-state index in [9.17, 15) is 14.9 Å². The molecule has 1 N–H and O–H groups in total. The number of carbonyl (C=O) groups is 1. The van der Waals surface area contributed by atoms with Gasteiger partial charge in [-0.1, -0.05) is 6.07 Å². The highest BCUT2D eigenvalue weighted by Gasteiger charge is 2.21. The maximum Gasteiger partial charge on any atom is 0.340 e. The van der Waals surface area contributed by atoms with Gasteiger partial charge in [-0.25, -0.2) is 4.79 Å². The second-order valence-corrected chi connectivity index (χ2v) is 2.98. The number of para-hydroxylation sites is 1. The summed E-state index contributed by atoms with van der Waals surface area (Å²) in [6, 6.07) is 4.27. The molecular formula is C10H12N2O4. The lowest BCUT2D eigenvalue weighted by atomic mass is 10.1. The maximum absolute atomic E-state index is 11.4. The van der Waals surface area contributed by atoms with Gasteiger partial charge in [-0.3, -0.25) is 10.1 Å². The normalized spacial score (nSPS) is 9.62. The number of carbonyl (C=O) groups excluding carboxylic acids is 1. The van der Waals surface area contributed by atoms with E-state index in [0.29, 0.717) is 6.54 Å². The van der Waals surface area contributed by atoms with Crippen LogP contribution in [0, 0.1) is 10.1 Å². The molecule has 0 aromatic heterocycles. The van der Waals surface area contributed by atoms with Crippen LogP contribution in [0.4, 0.5) is 11.4 Å². The van der Waals surface area contributed by atoms with Crippen molar-refractivity contribution in [3.63, 3.8) is 0 Å². The zero-order valence-corrected chi connectivity index (χ0v) is 9.02. The van der Waals surface area contributed by atoms with Crippen LogP contribution in [-0.4, -0.2) is 24.5 Å². The lowest BCUT2D eigenvalue weighted by Crippen LogP contribution is -2.10. The molecule has 0 fully saturated rings. The summed E-state index contributed by atoms with van der Waals surface area (Å²) in [7, 11) is 1.23. The third-order valence-corrected chi connectivity index (χ3v) is 2.00. The van der Waals surface area contributed by atoms with Gasteiger partial charge < -0.3 is 10.1 Å². The van der Waals surface area contributed by atoms with Gasteiger partial charge in [0.25, 0.3) is 5.69 Å². The molecule has 1 rings (SSSR count). The van der Waals surface area contributed by atoms with Crippen molar-refractivity contribution < 1.29 is 14.5 Å². The minimum atomic E-state index is -0.598. The van der Waals surface area contributed by atoms with Crippen molar-refractivity contribution in [2.75, 3.05) is 19.0 Å². The molecule has 0 bridgehead atoms. The van der Waals surface area contributed by atoms with Crippen molar-refractivity contribution in [2.24, 2.45) is 0 Å². The Labute approximate surface area is 92.4 Å². The zero-order chi connectivity index (χ0) is 12.1. The Hall–Kier alpha value is -2.11. The molecule has 6 heteroatoms. The fourth-order valence-corrected chi connectivity index (χ4v) is 1.33. The number of nitrogens with one attached hydrogen (secondary N) is 1. The Balaban J connectivity index is 3.32. The van der Waals surface area contributed by atoms with E-state index >= 15 is 0 Å². The molecule has 0 heterocycles. The molecule has 0 aliphatic rings. The maximum atomic E-state index is 11.4. The first-order chi connectivity index (χ1) is 7.61. The van der Waals surface area contributed by atoms with E-state index in [4.69, 9.17) is 0 Å². The molecule has 6 nitrogen and oxygen atoms in total. The summed E-state index contributed by atoms with van der Waals surface area (Å²) in [6.45, 7) is 2.27. The van der Waals surface area contributed by atoms with Gasteiger partial charge in [0.15, 0.2) is 0 Å². The molecule has 0 amide bonds. The summed E-state index contributed by atoms with van der Waals surface area (Å²) in [5, 5.41) is 13.6. The smallest absolute Gasteiger partial charge is 0.340 e. The van der Waals surface area contributed by atoms with Gasteiger partial charge in [0, 0.05) is 12.6 Å². The molecular weight excluding hydrogens is 212 g/mol. The third kappa shape index (κ3) is 2.28. The molecule has 16 heavy (non-hydrogen) atoms. The lowest BCUT2D eigenvalue weighted by Gasteiger charge is -2.08. The quantitative estimate of drug-likeness (QED) is 0.479. The fourth-order valence-electron chi connectivity index (χ4n) is 1.33. The van der Waals surface area contributed by atoms with Crippen LogP contribution in [0.5, 0.6) is 0 Å². The molecule has 0 atom stereocenters. The average Bonchev–Trinajstić information content (AvgIpc) is 2.28. The van der Waals surface area contributed by atoms with Crippen LogP contribution in [0.25, 0.3) is 0 Å². The summed E-state index contributed by atoms with van der Waals surface area (Å²) in [5.41, 5.74) is 0.227. The first kappa shape index (κ1) is 12.0. The van der Waals surface area contributed by atoms with Crippen LogP contribution in [0.1, 0.15) is 17.3 Å². The first-order valence-corrected chi connectivity index (χ1v) is 4.71. The highest BCUT2D eigenvalue weighted by atomic mass is 16.6. The van der Waals surface area contributed by atoms with Crippen molar-refractivity contribution in [1.82, 2.24) is 0 Å². The predicted molar refractivity (Wildman–Crippen MR) is 58.6 cm³/mol. The topological polar surface area (TPSA) is 81.5 Å². The van der Waals surface area contributed by atoms with Crippen molar-refractivity contribution in [3.8, 4) is 0 Å². The van der Waals surface area contributed by atoms with Gasteiger partial charge in [-0.15, -0.1) is 0 Å². The van der Waals surface area contributed by atoms with E-state index in [1.165, 1.54) is 25.3 Å². The number of nitro benzene ring substituents is 1. The van der Waals surface area contributed by atoms with Crippen LogP contribution in [0.3, 0.4) is 0 Å². The Morgan fingerprint density at radius 3 is 2.75 bits per heavy atom. The number of hydrogen-bond acceptors (Lipinski definition) is 5. The molecule has 0 spiro atoms. The largest absolute Gasteiger partial charge is 0.465 e. The van der Waals surface area contributed by atoms with Crippen molar-refractivity contribution in [3.05, 3.63) is 33.9 Å². The van der Waals surface area contributed by atoms with Gasteiger partial charge in [-0.2, -0.15) is 0 Å². The minimum Gasteiger partial charge on any atom is -0.465 e. The number of anilines is 1. The third-order valence-electron chi connectivity index (χ3n) is 2.00. The van der Waals surface area contributed by atoms with Crippen LogP contribution >= 0.6 is 0 Å². The zero-order valence-electron chi connectivity index (χ0n) is 9.02. The van der Waals surface area contributed by atoms with Crippen molar-refractivity contribution in [2.45, 2.75) is 6.92 Å². The Bertz CT molecular complexity index is 417. The molecule has 1 aromatic carbocycles. The SMILES string of the molecule is CCNc1c(C(=O)OC)cccc1[N+](=O)[O-]. The van der Waals surface area contributed by atoms with E-state index in [1.54, 1.807) is 6.92 Å². The highest BCUT2D eigenvalue weighted by Crippen LogP contribution is 2.28. The molecule has 0 aliphatic heterocycles. The van der Waals surface area contributed by atoms with E-state index in [1.807, 2.05) is 0 Å². The van der Waals surface area contributed by atoms with E-state index in [-0.39, 0.29) is 16.9 Å². The fraction of sp³-hybridized carbons (Fsp3) is 0.300. The minimum absolute atomic E-state index is 0.134. The summed E-state index contributed by atoms with van der Waals surface area (Å²) in [4.78, 5) is 21.6. The summed E-state index contributed by atoms with van der Waals surface area (Å²) in [6.07, 6.45) is 0. The molecule has 1 aromatic rings. The summed E-state index contributed by atoms with van der Waals surface area (Å²) >= 11 is 0. The summed E-state index contributed by atoms with van der Waals surface area (Å²) in [5.74, 6) is -0.598. The molecule has 0 unspecified atom stereocenters. The molecule has 0 saturated heterocycles. The van der Waals surface area contributed by atoms with E-state index < -0.39 is 10.9 Å². The number of benzene rings is 1. The number of rotatable bonds is 4. The van der Waals surface area contributed by atoms with Crippen molar-refractivity contribution >= 4 is 17.3 Å². The number of ether oxygens (including phenoxy) is 1. The van der Waals surface area contributed by atoms with E-state index in [2.05, 4.69) is 10.1 Å². The second kappa shape index (κ2) is 5.11. The number of nitro groups is 1. The van der Waals surface area contributed by atoms with Crippen LogP contribution in [-0.2, 0) is 4.74 Å². The number of methoxy groups -OCH3 is 1. The number of hydrogen-bond donors (Lipinski definition) is 1. The van der Waals surface area contributed by atoms with Gasteiger partial charge in [0.2, 0.25) is 0 Å².